The highest BCUT2D eigenvalue weighted by atomic mass is 127. The lowest BCUT2D eigenvalue weighted by Gasteiger charge is -2.33. The molecule has 0 saturated carbocycles. The summed E-state index contributed by atoms with van der Waals surface area (Å²) in [5.41, 5.74) is 0. The molecule has 1 aliphatic heterocycles. The van der Waals surface area contributed by atoms with Crippen molar-refractivity contribution >= 4 is 41.3 Å². The molecule has 0 amide bonds. The van der Waals surface area contributed by atoms with E-state index < -0.39 is 0 Å². The number of piperidine rings is 1. The monoisotopic (exact) mass is 465 g/mol. The van der Waals surface area contributed by atoms with Crippen LogP contribution in [0, 0.1) is 0 Å². The fourth-order valence-corrected chi connectivity index (χ4v) is 3.67. The molecule has 1 aromatic heterocycles. The van der Waals surface area contributed by atoms with Gasteiger partial charge in [-0.1, -0.05) is 13.3 Å². The van der Waals surface area contributed by atoms with Gasteiger partial charge in [-0.25, -0.2) is 9.98 Å². The van der Waals surface area contributed by atoms with Crippen LogP contribution in [0.15, 0.2) is 11.2 Å². The number of aromatic nitrogens is 1. The van der Waals surface area contributed by atoms with Crippen LogP contribution in [0.2, 0.25) is 0 Å². The van der Waals surface area contributed by atoms with Crippen molar-refractivity contribution in [1.29, 1.82) is 0 Å². The van der Waals surface area contributed by atoms with Gasteiger partial charge in [0.1, 0.15) is 5.01 Å². The second-order valence-corrected chi connectivity index (χ2v) is 7.28. The van der Waals surface area contributed by atoms with Gasteiger partial charge < -0.3 is 10.6 Å². The second kappa shape index (κ2) is 12.0. The normalized spacial score (nSPS) is 19.0. The number of nitrogens with zero attached hydrogens (tertiary/aromatic N) is 3. The Morgan fingerprint density at radius 1 is 1.38 bits per heavy atom. The highest BCUT2D eigenvalue weighted by Gasteiger charge is 2.17. The Hall–Kier alpha value is -0.410. The molecular formula is C17H32IN5S. The van der Waals surface area contributed by atoms with Crippen LogP contribution in [0.1, 0.15) is 49.9 Å². The number of nitrogens with one attached hydrogen (secondary N) is 2. The molecule has 1 atom stereocenters. The van der Waals surface area contributed by atoms with Gasteiger partial charge in [-0.15, -0.1) is 35.3 Å². The van der Waals surface area contributed by atoms with E-state index in [1.54, 1.807) is 11.3 Å². The molecule has 1 fully saturated rings. The first kappa shape index (κ1) is 21.6. The van der Waals surface area contributed by atoms with Gasteiger partial charge in [-0.3, -0.25) is 4.90 Å². The molecule has 0 bridgehead atoms. The third-order valence-electron chi connectivity index (χ3n) is 4.30. The minimum absolute atomic E-state index is 0. The summed E-state index contributed by atoms with van der Waals surface area (Å²) in [4.78, 5) is 13.0. The number of likely N-dealkylation sites (tertiary alicyclic amines) is 1. The summed E-state index contributed by atoms with van der Waals surface area (Å²) in [6.07, 6.45) is 7.06. The largest absolute Gasteiger partial charge is 0.357 e. The molecule has 0 aliphatic carbocycles. The van der Waals surface area contributed by atoms with E-state index in [2.05, 4.69) is 46.3 Å². The van der Waals surface area contributed by atoms with Crippen LogP contribution in [0.4, 0.5) is 0 Å². The summed E-state index contributed by atoms with van der Waals surface area (Å²) in [5.74, 6) is 0.894. The van der Waals surface area contributed by atoms with E-state index in [1.807, 2.05) is 6.20 Å². The van der Waals surface area contributed by atoms with Crippen molar-refractivity contribution in [2.24, 2.45) is 4.99 Å². The van der Waals surface area contributed by atoms with Crippen molar-refractivity contribution in [1.82, 2.24) is 20.5 Å². The molecule has 1 saturated heterocycles. The van der Waals surface area contributed by atoms with Crippen molar-refractivity contribution in [2.45, 2.75) is 59.0 Å². The number of halogens is 1. The number of thiazole rings is 1. The smallest absolute Gasteiger partial charge is 0.191 e. The van der Waals surface area contributed by atoms with Crippen molar-refractivity contribution in [2.75, 3.05) is 26.2 Å². The van der Waals surface area contributed by atoms with Gasteiger partial charge >= 0.3 is 0 Å². The third-order valence-corrected chi connectivity index (χ3v) is 5.42. The fraction of sp³-hybridized carbons (Fsp3) is 0.765. The predicted octanol–water partition coefficient (Wildman–Crippen LogP) is 3.25. The van der Waals surface area contributed by atoms with Gasteiger partial charge in [0.05, 0.1) is 6.54 Å². The first-order valence-corrected chi connectivity index (χ1v) is 9.74. The number of aryl methyl sites for hydroxylation is 1. The molecule has 0 spiro atoms. The van der Waals surface area contributed by atoms with Crippen LogP contribution in [0.25, 0.3) is 0 Å². The average molecular weight is 465 g/mol. The topological polar surface area (TPSA) is 52.6 Å². The molecule has 24 heavy (non-hydrogen) atoms. The van der Waals surface area contributed by atoms with Gasteiger partial charge in [0.25, 0.3) is 0 Å². The number of rotatable bonds is 7. The first-order valence-electron chi connectivity index (χ1n) is 8.92. The molecule has 1 unspecified atom stereocenters. The van der Waals surface area contributed by atoms with Gasteiger partial charge in [0.15, 0.2) is 5.96 Å². The summed E-state index contributed by atoms with van der Waals surface area (Å²) in [6.45, 7) is 11.4. The van der Waals surface area contributed by atoms with E-state index in [-0.39, 0.29) is 24.0 Å². The van der Waals surface area contributed by atoms with E-state index in [9.17, 15) is 0 Å². The fourth-order valence-electron chi connectivity index (χ4n) is 2.88. The molecule has 1 aromatic rings. The molecule has 2 N–H and O–H groups in total. The van der Waals surface area contributed by atoms with Gasteiger partial charge in [-0.05, 0) is 39.7 Å². The maximum Gasteiger partial charge on any atom is 0.191 e. The van der Waals surface area contributed by atoms with E-state index in [0.29, 0.717) is 12.6 Å². The molecule has 138 valence electrons. The number of hydrogen-bond donors (Lipinski definition) is 2. The lowest BCUT2D eigenvalue weighted by Crippen LogP contribution is -2.45. The van der Waals surface area contributed by atoms with Gasteiger partial charge in [0, 0.05) is 36.8 Å². The first-order chi connectivity index (χ1) is 11.2. The quantitative estimate of drug-likeness (QED) is 0.369. The Balaban J connectivity index is 0.00000288. The van der Waals surface area contributed by atoms with Crippen LogP contribution >= 0.6 is 35.3 Å². The second-order valence-electron chi connectivity index (χ2n) is 6.08. The minimum atomic E-state index is 0. The molecule has 2 rings (SSSR count). The van der Waals surface area contributed by atoms with Gasteiger partial charge in [-0.2, -0.15) is 0 Å². The van der Waals surface area contributed by atoms with Crippen LogP contribution in [0.3, 0.4) is 0 Å². The number of hydrogen-bond acceptors (Lipinski definition) is 4. The number of aliphatic imine (C=N–C) groups is 1. The zero-order valence-electron chi connectivity index (χ0n) is 15.2. The summed E-state index contributed by atoms with van der Waals surface area (Å²) in [5, 5.41) is 7.86. The molecule has 0 aromatic carbocycles. The van der Waals surface area contributed by atoms with Crippen molar-refractivity contribution in [3.63, 3.8) is 0 Å². The minimum Gasteiger partial charge on any atom is -0.357 e. The highest BCUT2D eigenvalue weighted by Crippen LogP contribution is 2.15. The summed E-state index contributed by atoms with van der Waals surface area (Å²) >= 11 is 1.76. The maximum absolute atomic E-state index is 4.66. The highest BCUT2D eigenvalue weighted by molar-refractivity contribution is 14.0. The SMILES string of the molecule is CCNC(=NCc1ncc(CC)s1)NCCN1CCCCC1C.I. The summed E-state index contributed by atoms with van der Waals surface area (Å²) < 4.78 is 0. The van der Waals surface area contributed by atoms with E-state index in [4.69, 9.17) is 0 Å². The standard InChI is InChI=1S/C17H31N5S.HI/c1-4-15-12-20-16(23-15)13-21-17(18-5-2)19-9-11-22-10-7-6-8-14(22)3;/h12,14H,4-11,13H2,1-3H3,(H2,18,19,21);1H. The van der Waals surface area contributed by atoms with E-state index in [1.165, 1.54) is 30.7 Å². The molecule has 1 aliphatic rings. The van der Waals surface area contributed by atoms with Crippen LogP contribution < -0.4 is 10.6 Å². The molecular weight excluding hydrogens is 433 g/mol. The van der Waals surface area contributed by atoms with Crippen LogP contribution in [-0.2, 0) is 13.0 Å². The van der Waals surface area contributed by atoms with Crippen LogP contribution in [0.5, 0.6) is 0 Å². The zero-order valence-corrected chi connectivity index (χ0v) is 18.3. The molecule has 2 heterocycles. The van der Waals surface area contributed by atoms with Crippen molar-refractivity contribution in [3.05, 3.63) is 16.1 Å². The Labute approximate surface area is 167 Å². The van der Waals surface area contributed by atoms with Gasteiger partial charge in [0.2, 0.25) is 0 Å². The summed E-state index contributed by atoms with van der Waals surface area (Å²) in [6, 6.07) is 0.716. The number of guanidine groups is 1. The Morgan fingerprint density at radius 2 is 2.21 bits per heavy atom. The Kier molecular flexibility index (Phi) is 10.8. The Morgan fingerprint density at radius 3 is 2.88 bits per heavy atom. The van der Waals surface area contributed by atoms with Crippen LogP contribution in [-0.4, -0.2) is 48.1 Å². The average Bonchev–Trinajstić information content (AvgIpc) is 3.02. The third kappa shape index (κ3) is 7.23. The zero-order chi connectivity index (χ0) is 16.5. The van der Waals surface area contributed by atoms with Crippen molar-refractivity contribution < 1.29 is 0 Å². The molecule has 7 heteroatoms. The lowest BCUT2D eigenvalue weighted by atomic mass is 10.0. The molecule has 0 radical (unpaired) electrons. The maximum atomic E-state index is 4.66. The Bertz CT molecular complexity index is 491. The van der Waals surface area contributed by atoms with E-state index in [0.717, 1.165) is 37.0 Å². The van der Waals surface area contributed by atoms with Crippen molar-refractivity contribution in [3.8, 4) is 0 Å². The van der Waals surface area contributed by atoms with E-state index >= 15 is 0 Å². The lowest BCUT2D eigenvalue weighted by molar-refractivity contribution is 0.163. The molecule has 5 nitrogen and oxygen atoms in total. The predicted molar refractivity (Wildman–Crippen MR) is 115 cm³/mol. The summed E-state index contributed by atoms with van der Waals surface area (Å²) in [7, 11) is 0.